The SMILES string of the molecule is O=C(O)c1ccc(Nc2ccc(-c3ccccc3)nn2)cc1. The highest BCUT2D eigenvalue weighted by atomic mass is 16.4. The molecular formula is C17H13N3O2. The van der Waals surface area contributed by atoms with Gasteiger partial charge in [0.15, 0.2) is 5.82 Å². The zero-order valence-electron chi connectivity index (χ0n) is 11.6. The molecule has 0 radical (unpaired) electrons. The van der Waals surface area contributed by atoms with Crippen LogP contribution in [0, 0.1) is 0 Å². The van der Waals surface area contributed by atoms with Gasteiger partial charge in [0, 0.05) is 11.3 Å². The molecule has 22 heavy (non-hydrogen) atoms. The van der Waals surface area contributed by atoms with Gasteiger partial charge in [-0.2, -0.15) is 0 Å². The largest absolute Gasteiger partial charge is 0.478 e. The van der Waals surface area contributed by atoms with E-state index >= 15 is 0 Å². The number of nitrogens with zero attached hydrogens (tertiary/aromatic N) is 2. The van der Waals surface area contributed by atoms with Crippen LogP contribution >= 0.6 is 0 Å². The highest BCUT2D eigenvalue weighted by Gasteiger charge is 2.03. The molecule has 0 spiro atoms. The highest BCUT2D eigenvalue weighted by Crippen LogP contribution is 2.19. The Morgan fingerprint density at radius 2 is 1.59 bits per heavy atom. The summed E-state index contributed by atoms with van der Waals surface area (Å²) in [7, 11) is 0. The summed E-state index contributed by atoms with van der Waals surface area (Å²) in [6.45, 7) is 0. The number of aromatic nitrogens is 2. The summed E-state index contributed by atoms with van der Waals surface area (Å²) < 4.78 is 0. The lowest BCUT2D eigenvalue weighted by atomic mass is 10.1. The lowest BCUT2D eigenvalue weighted by Gasteiger charge is -2.06. The smallest absolute Gasteiger partial charge is 0.335 e. The molecule has 2 N–H and O–H groups in total. The second kappa shape index (κ2) is 6.05. The third-order valence-electron chi connectivity index (χ3n) is 3.14. The van der Waals surface area contributed by atoms with Crippen LogP contribution in [-0.4, -0.2) is 21.3 Å². The van der Waals surface area contributed by atoms with E-state index in [1.165, 1.54) is 12.1 Å². The number of nitrogens with one attached hydrogen (secondary N) is 1. The molecule has 5 nitrogen and oxygen atoms in total. The summed E-state index contributed by atoms with van der Waals surface area (Å²) in [6, 6.07) is 20.0. The first-order valence-corrected chi connectivity index (χ1v) is 6.72. The van der Waals surface area contributed by atoms with E-state index in [4.69, 9.17) is 5.11 Å². The molecule has 108 valence electrons. The molecule has 0 saturated heterocycles. The maximum absolute atomic E-state index is 10.8. The fourth-order valence-corrected chi connectivity index (χ4v) is 2.01. The van der Waals surface area contributed by atoms with E-state index in [2.05, 4.69) is 15.5 Å². The van der Waals surface area contributed by atoms with E-state index in [-0.39, 0.29) is 5.56 Å². The summed E-state index contributed by atoms with van der Waals surface area (Å²) in [6.07, 6.45) is 0. The van der Waals surface area contributed by atoms with Crippen LogP contribution in [0.4, 0.5) is 11.5 Å². The summed E-state index contributed by atoms with van der Waals surface area (Å²) in [4.78, 5) is 10.8. The van der Waals surface area contributed by atoms with E-state index in [1.807, 2.05) is 42.5 Å². The van der Waals surface area contributed by atoms with Gasteiger partial charge < -0.3 is 10.4 Å². The fourth-order valence-electron chi connectivity index (χ4n) is 2.01. The fraction of sp³-hybridized carbons (Fsp3) is 0. The molecular weight excluding hydrogens is 278 g/mol. The van der Waals surface area contributed by atoms with Crippen molar-refractivity contribution in [3.63, 3.8) is 0 Å². The zero-order valence-corrected chi connectivity index (χ0v) is 11.6. The molecule has 0 unspecified atom stereocenters. The van der Waals surface area contributed by atoms with Gasteiger partial charge in [-0.15, -0.1) is 10.2 Å². The van der Waals surface area contributed by atoms with Crippen LogP contribution in [0.25, 0.3) is 11.3 Å². The minimum Gasteiger partial charge on any atom is -0.478 e. The summed E-state index contributed by atoms with van der Waals surface area (Å²) in [5.74, 6) is -0.346. The molecule has 1 heterocycles. The predicted octanol–water partition coefficient (Wildman–Crippen LogP) is 3.59. The van der Waals surface area contributed by atoms with Crippen molar-refractivity contribution in [3.05, 3.63) is 72.3 Å². The standard InChI is InChI=1S/C17H13N3O2/c21-17(22)13-6-8-14(9-7-13)18-16-11-10-15(19-20-16)12-4-2-1-3-5-12/h1-11H,(H,18,20)(H,21,22). The van der Waals surface area contributed by atoms with Gasteiger partial charge in [-0.3, -0.25) is 0 Å². The van der Waals surface area contributed by atoms with Crippen molar-refractivity contribution in [2.45, 2.75) is 0 Å². The van der Waals surface area contributed by atoms with Gasteiger partial charge in [-0.05, 0) is 36.4 Å². The van der Waals surface area contributed by atoms with Crippen molar-refractivity contribution in [2.24, 2.45) is 0 Å². The topological polar surface area (TPSA) is 75.1 Å². The molecule has 1 aromatic heterocycles. The normalized spacial score (nSPS) is 10.2. The number of benzene rings is 2. The average molecular weight is 291 g/mol. The molecule has 0 fully saturated rings. The summed E-state index contributed by atoms with van der Waals surface area (Å²) in [5, 5.41) is 20.3. The second-order valence-electron chi connectivity index (χ2n) is 4.68. The number of hydrogen-bond donors (Lipinski definition) is 2. The lowest BCUT2D eigenvalue weighted by molar-refractivity contribution is 0.0697. The van der Waals surface area contributed by atoms with Crippen molar-refractivity contribution in [1.82, 2.24) is 10.2 Å². The average Bonchev–Trinajstić information content (AvgIpc) is 2.57. The molecule has 0 saturated carbocycles. The molecule has 5 heteroatoms. The minimum atomic E-state index is -0.946. The second-order valence-corrected chi connectivity index (χ2v) is 4.68. The quantitative estimate of drug-likeness (QED) is 0.768. The summed E-state index contributed by atoms with van der Waals surface area (Å²) >= 11 is 0. The first kappa shape index (κ1) is 13.8. The lowest BCUT2D eigenvalue weighted by Crippen LogP contribution is -1.98. The Morgan fingerprint density at radius 3 is 2.18 bits per heavy atom. The van der Waals surface area contributed by atoms with Crippen LogP contribution in [0.3, 0.4) is 0 Å². The monoisotopic (exact) mass is 291 g/mol. The van der Waals surface area contributed by atoms with Crippen LogP contribution in [0.1, 0.15) is 10.4 Å². The first-order valence-electron chi connectivity index (χ1n) is 6.72. The number of carboxylic acids is 1. The van der Waals surface area contributed by atoms with Gasteiger partial charge >= 0.3 is 5.97 Å². The third kappa shape index (κ3) is 3.09. The van der Waals surface area contributed by atoms with Crippen LogP contribution in [0.15, 0.2) is 66.7 Å². The number of carbonyl (C=O) groups is 1. The van der Waals surface area contributed by atoms with Crippen molar-refractivity contribution in [3.8, 4) is 11.3 Å². The molecule has 3 rings (SSSR count). The molecule has 0 amide bonds. The Balaban J connectivity index is 1.75. The molecule has 0 aliphatic rings. The number of aromatic carboxylic acids is 1. The van der Waals surface area contributed by atoms with Gasteiger partial charge in [-0.25, -0.2) is 4.79 Å². The van der Waals surface area contributed by atoms with Crippen LogP contribution in [-0.2, 0) is 0 Å². The van der Waals surface area contributed by atoms with Crippen molar-refractivity contribution in [1.29, 1.82) is 0 Å². The van der Waals surface area contributed by atoms with Crippen molar-refractivity contribution >= 4 is 17.5 Å². The van der Waals surface area contributed by atoms with E-state index in [0.29, 0.717) is 5.82 Å². The third-order valence-corrected chi connectivity index (χ3v) is 3.14. The van der Waals surface area contributed by atoms with Crippen molar-refractivity contribution in [2.75, 3.05) is 5.32 Å². The first-order chi connectivity index (χ1) is 10.7. The Bertz CT molecular complexity index is 769. The molecule has 0 atom stereocenters. The van der Waals surface area contributed by atoms with Crippen LogP contribution in [0.2, 0.25) is 0 Å². The Morgan fingerprint density at radius 1 is 0.864 bits per heavy atom. The van der Waals surface area contributed by atoms with E-state index in [1.54, 1.807) is 12.1 Å². The maximum Gasteiger partial charge on any atom is 0.335 e. The van der Waals surface area contributed by atoms with Gasteiger partial charge in [-0.1, -0.05) is 30.3 Å². The van der Waals surface area contributed by atoms with Gasteiger partial charge in [0.1, 0.15) is 0 Å². The van der Waals surface area contributed by atoms with Gasteiger partial charge in [0.25, 0.3) is 0 Å². The van der Waals surface area contributed by atoms with Crippen LogP contribution in [0.5, 0.6) is 0 Å². The zero-order chi connectivity index (χ0) is 15.4. The van der Waals surface area contributed by atoms with Gasteiger partial charge in [0.05, 0.1) is 11.3 Å². The number of hydrogen-bond acceptors (Lipinski definition) is 4. The molecule has 0 aliphatic carbocycles. The summed E-state index contributed by atoms with van der Waals surface area (Å²) in [5.41, 5.74) is 2.81. The Kier molecular flexibility index (Phi) is 3.78. The van der Waals surface area contributed by atoms with Crippen LogP contribution < -0.4 is 5.32 Å². The number of anilines is 2. The predicted molar refractivity (Wildman–Crippen MR) is 84.2 cm³/mol. The number of rotatable bonds is 4. The van der Waals surface area contributed by atoms with Crippen molar-refractivity contribution < 1.29 is 9.90 Å². The van der Waals surface area contributed by atoms with E-state index in [9.17, 15) is 4.79 Å². The van der Waals surface area contributed by atoms with E-state index < -0.39 is 5.97 Å². The molecule has 2 aromatic carbocycles. The Labute approximate surface area is 127 Å². The molecule has 0 aliphatic heterocycles. The Hall–Kier alpha value is -3.21. The molecule has 3 aromatic rings. The minimum absolute atomic E-state index is 0.246. The maximum atomic E-state index is 10.8. The highest BCUT2D eigenvalue weighted by molar-refractivity contribution is 5.88. The van der Waals surface area contributed by atoms with Gasteiger partial charge in [0.2, 0.25) is 0 Å². The molecule has 0 bridgehead atoms. The number of carboxylic acid groups (broad SMARTS) is 1. The van der Waals surface area contributed by atoms with E-state index in [0.717, 1.165) is 16.9 Å².